The van der Waals surface area contributed by atoms with E-state index in [1.807, 2.05) is 0 Å². The molecule has 0 radical (unpaired) electrons. The van der Waals surface area contributed by atoms with E-state index in [0.717, 1.165) is 44.9 Å². The molecule has 0 fully saturated rings. The molecular formula is C41H78O4. The van der Waals surface area contributed by atoms with Crippen LogP contribution in [-0.4, -0.2) is 23.1 Å². The molecule has 0 bridgehead atoms. The molecule has 0 aromatic carbocycles. The van der Waals surface area contributed by atoms with Crippen LogP contribution in [0, 0.1) is 0 Å². The first kappa shape index (κ1) is 43.7. The van der Waals surface area contributed by atoms with E-state index in [1.54, 1.807) is 0 Å². The van der Waals surface area contributed by atoms with E-state index in [9.17, 15) is 9.59 Å². The van der Waals surface area contributed by atoms with Crippen LogP contribution in [0.5, 0.6) is 0 Å². The lowest BCUT2D eigenvalue weighted by Crippen LogP contribution is -2.17. The maximum Gasteiger partial charge on any atom is 0.306 e. The highest BCUT2D eigenvalue weighted by molar-refractivity contribution is 5.69. The standard InChI is InChI=1S/C41H78O4/c1-3-5-6-7-8-9-10-11-12-13-14-15-16-17-18-19-23-26-29-32-35-38-41(44)45-39(4-2)36-33-30-27-24-21-20-22-25-28-31-34-37-40(42)43/h11-12,39H,3-10,13-38H2,1-2H3,(H,42,43)/b12-11-. The van der Waals surface area contributed by atoms with Crippen LogP contribution in [0.15, 0.2) is 12.2 Å². The smallest absolute Gasteiger partial charge is 0.306 e. The van der Waals surface area contributed by atoms with Crippen molar-refractivity contribution in [3.8, 4) is 0 Å². The molecule has 266 valence electrons. The average molecular weight is 635 g/mol. The van der Waals surface area contributed by atoms with E-state index in [-0.39, 0.29) is 12.1 Å². The number of carbonyl (C=O) groups is 2. The van der Waals surface area contributed by atoms with Crippen LogP contribution in [0.4, 0.5) is 0 Å². The van der Waals surface area contributed by atoms with Gasteiger partial charge in [-0.1, -0.05) is 174 Å². The molecule has 0 saturated carbocycles. The van der Waals surface area contributed by atoms with Gasteiger partial charge in [-0.15, -0.1) is 0 Å². The molecule has 0 saturated heterocycles. The number of carboxylic acids is 1. The van der Waals surface area contributed by atoms with Gasteiger partial charge in [0.1, 0.15) is 6.10 Å². The molecule has 1 atom stereocenters. The van der Waals surface area contributed by atoms with Crippen LogP contribution in [0.1, 0.15) is 232 Å². The van der Waals surface area contributed by atoms with Crippen molar-refractivity contribution in [1.29, 1.82) is 0 Å². The van der Waals surface area contributed by atoms with Gasteiger partial charge in [0.25, 0.3) is 0 Å². The minimum atomic E-state index is -0.673. The van der Waals surface area contributed by atoms with Crippen LogP contribution < -0.4 is 0 Å². The van der Waals surface area contributed by atoms with Gasteiger partial charge in [-0.3, -0.25) is 9.59 Å². The molecule has 0 aliphatic heterocycles. The van der Waals surface area contributed by atoms with Gasteiger partial charge in [-0.05, 0) is 57.8 Å². The molecular weight excluding hydrogens is 556 g/mol. The van der Waals surface area contributed by atoms with Crippen molar-refractivity contribution in [3.63, 3.8) is 0 Å². The van der Waals surface area contributed by atoms with E-state index >= 15 is 0 Å². The van der Waals surface area contributed by atoms with Crippen LogP contribution in [0.3, 0.4) is 0 Å². The van der Waals surface area contributed by atoms with Crippen molar-refractivity contribution in [2.24, 2.45) is 0 Å². The fraction of sp³-hybridized carbons (Fsp3) is 0.902. The molecule has 4 heteroatoms. The molecule has 0 rings (SSSR count). The second-order valence-corrected chi connectivity index (χ2v) is 13.8. The fourth-order valence-electron chi connectivity index (χ4n) is 6.23. The van der Waals surface area contributed by atoms with E-state index in [1.165, 1.54) is 161 Å². The number of rotatable bonds is 37. The Balaban J connectivity index is 3.39. The summed E-state index contributed by atoms with van der Waals surface area (Å²) in [6.45, 7) is 4.42. The highest BCUT2D eigenvalue weighted by atomic mass is 16.5. The lowest BCUT2D eigenvalue weighted by atomic mass is 10.0. The summed E-state index contributed by atoms with van der Waals surface area (Å²) in [5, 5.41) is 8.66. The topological polar surface area (TPSA) is 63.6 Å². The van der Waals surface area contributed by atoms with E-state index < -0.39 is 5.97 Å². The number of ether oxygens (including phenoxy) is 1. The Kier molecular flexibility index (Phi) is 36.1. The van der Waals surface area contributed by atoms with Gasteiger partial charge < -0.3 is 9.84 Å². The van der Waals surface area contributed by atoms with Gasteiger partial charge in [0.2, 0.25) is 0 Å². The molecule has 0 heterocycles. The van der Waals surface area contributed by atoms with Crippen LogP contribution >= 0.6 is 0 Å². The molecule has 0 amide bonds. The van der Waals surface area contributed by atoms with Gasteiger partial charge in [-0.25, -0.2) is 0 Å². The van der Waals surface area contributed by atoms with Crippen molar-refractivity contribution in [2.75, 3.05) is 0 Å². The van der Waals surface area contributed by atoms with Gasteiger partial charge in [0.15, 0.2) is 0 Å². The summed E-state index contributed by atoms with van der Waals surface area (Å²) in [5.74, 6) is -0.660. The number of esters is 1. The van der Waals surface area contributed by atoms with Crippen molar-refractivity contribution in [1.82, 2.24) is 0 Å². The molecule has 0 aliphatic carbocycles. The van der Waals surface area contributed by atoms with Crippen molar-refractivity contribution in [3.05, 3.63) is 12.2 Å². The third-order valence-electron chi connectivity index (χ3n) is 9.31. The van der Waals surface area contributed by atoms with E-state index in [0.29, 0.717) is 12.8 Å². The van der Waals surface area contributed by atoms with Crippen LogP contribution in [0.2, 0.25) is 0 Å². The first-order chi connectivity index (χ1) is 22.1. The molecule has 4 nitrogen and oxygen atoms in total. The van der Waals surface area contributed by atoms with Gasteiger partial charge in [0.05, 0.1) is 0 Å². The quantitative estimate of drug-likeness (QED) is 0.0419. The van der Waals surface area contributed by atoms with Gasteiger partial charge in [-0.2, -0.15) is 0 Å². The monoisotopic (exact) mass is 635 g/mol. The third kappa shape index (κ3) is 37.0. The average Bonchev–Trinajstić information content (AvgIpc) is 3.03. The second-order valence-electron chi connectivity index (χ2n) is 13.8. The predicted molar refractivity (Wildman–Crippen MR) is 195 cm³/mol. The maximum absolute atomic E-state index is 12.3. The van der Waals surface area contributed by atoms with Crippen LogP contribution in [0.25, 0.3) is 0 Å². The van der Waals surface area contributed by atoms with Gasteiger partial charge in [0, 0.05) is 12.8 Å². The molecule has 0 aliphatic rings. The zero-order chi connectivity index (χ0) is 32.9. The minimum Gasteiger partial charge on any atom is -0.481 e. The van der Waals surface area contributed by atoms with E-state index in [4.69, 9.17) is 9.84 Å². The molecule has 45 heavy (non-hydrogen) atoms. The largest absolute Gasteiger partial charge is 0.481 e. The summed E-state index contributed by atoms with van der Waals surface area (Å²) in [5.41, 5.74) is 0. The highest BCUT2D eigenvalue weighted by Gasteiger charge is 2.12. The Morgan fingerprint density at radius 2 is 0.844 bits per heavy atom. The number of aliphatic carboxylic acids is 1. The Hall–Kier alpha value is -1.32. The third-order valence-corrected chi connectivity index (χ3v) is 9.31. The van der Waals surface area contributed by atoms with Crippen molar-refractivity contribution < 1.29 is 19.4 Å². The lowest BCUT2D eigenvalue weighted by Gasteiger charge is -2.16. The normalized spacial score (nSPS) is 12.2. The number of hydrogen-bond acceptors (Lipinski definition) is 3. The summed E-state index contributed by atoms with van der Waals surface area (Å²) in [7, 11) is 0. The maximum atomic E-state index is 12.3. The molecule has 0 spiro atoms. The Morgan fingerprint density at radius 3 is 1.24 bits per heavy atom. The Bertz CT molecular complexity index is 643. The number of carboxylic acid groups (broad SMARTS) is 1. The van der Waals surface area contributed by atoms with Crippen molar-refractivity contribution >= 4 is 11.9 Å². The molecule has 1 N–H and O–H groups in total. The van der Waals surface area contributed by atoms with E-state index in [2.05, 4.69) is 26.0 Å². The zero-order valence-corrected chi connectivity index (χ0v) is 30.4. The summed E-state index contributed by atoms with van der Waals surface area (Å²) in [6, 6.07) is 0. The summed E-state index contributed by atoms with van der Waals surface area (Å²) in [6.07, 6.45) is 46.2. The molecule has 0 aromatic heterocycles. The van der Waals surface area contributed by atoms with Crippen molar-refractivity contribution in [2.45, 2.75) is 238 Å². The predicted octanol–water partition coefficient (Wildman–Crippen LogP) is 13.8. The Labute approximate surface area is 281 Å². The number of allylic oxidation sites excluding steroid dienone is 2. The van der Waals surface area contributed by atoms with Gasteiger partial charge >= 0.3 is 11.9 Å². The fourth-order valence-corrected chi connectivity index (χ4v) is 6.23. The second kappa shape index (κ2) is 37.1. The number of hydrogen-bond donors (Lipinski definition) is 1. The summed E-state index contributed by atoms with van der Waals surface area (Å²) >= 11 is 0. The SMILES string of the molecule is CCCCCCCC/C=C\CCCCCCCCCCCCCC(=O)OC(CC)CCCCCCCCCCCCCC(=O)O. The minimum absolute atomic E-state index is 0.0121. The first-order valence-electron chi connectivity index (χ1n) is 20.2. The number of carbonyl (C=O) groups excluding carboxylic acids is 1. The summed E-state index contributed by atoms with van der Waals surface area (Å²) < 4.78 is 5.78. The lowest BCUT2D eigenvalue weighted by molar-refractivity contribution is -0.149. The highest BCUT2D eigenvalue weighted by Crippen LogP contribution is 2.17. The first-order valence-corrected chi connectivity index (χ1v) is 20.2. The molecule has 0 aromatic rings. The number of unbranched alkanes of at least 4 members (excludes halogenated alkanes) is 27. The zero-order valence-electron chi connectivity index (χ0n) is 30.4. The Morgan fingerprint density at radius 1 is 0.489 bits per heavy atom. The molecule has 1 unspecified atom stereocenters. The van der Waals surface area contributed by atoms with Crippen LogP contribution in [-0.2, 0) is 14.3 Å². The summed E-state index contributed by atoms with van der Waals surface area (Å²) in [4.78, 5) is 22.8.